The Morgan fingerprint density at radius 3 is 2.46 bits per heavy atom. The van der Waals surface area contributed by atoms with Gasteiger partial charge in [-0.1, -0.05) is 23.4 Å². The second-order valence-corrected chi connectivity index (χ2v) is 12.2. The molecule has 41 heavy (non-hydrogen) atoms. The average Bonchev–Trinajstić information content (AvgIpc) is 3.61. The van der Waals surface area contributed by atoms with E-state index in [1.807, 2.05) is 12.1 Å². The average molecular weight is 568 g/mol. The Morgan fingerprint density at radius 1 is 1.05 bits per heavy atom. The van der Waals surface area contributed by atoms with Gasteiger partial charge < -0.3 is 24.6 Å². The molecule has 7 nitrogen and oxygen atoms in total. The molecule has 0 amide bonds. The van der Waals surface area contributed by atoms with Crippen molar-refractivity contribution in [1.29, 1.82) is 0 Å². The van der Waals surface area contributed by atoms with Crippen molar-refractivity contribution in [2.45, 2.75) is 88.3 Å². The molecule has 2 saturated heterocycles. The highest BCUT2D eigenvalue weighted by Crippen LogP contribution is 2.57. The lowest BCUT2D eigenvalue weighted by molar-refractivity contribution is -0.274. The summed E-state index contributed by atoms with van der Waals surface area (Å²) in [5.41, 5.74) is 3.10. The van der Waals surface area contributed by atoms with Gasteiger partial charge in [0.05, 0.1) is 5.56 Å². The number of benzene rings is 2. The summed E-state index contributed by atoms with van der Waals surface area (Å²) in [6, 6.07) is 14.5. The van der Waals surface area contributed by atoms with E-state index >= 15 is 0 Å². The molecule has 2 saturated carbocycles. The summed E-state index contributed by atoms with van der Waals surface area (Å²) < 4.78 is 49.3. The van der Waals surface area contributed by atoms with Gasteiger partial charge in [0.15, 0.2) is 0 Å². The zero-order chi connectivity index (χ0) is 28.4. The Bertz CT molecular complexity index is 1440. The van der Waals surface area contributed by atoms with E-state index in [-0.39, 0.29) is 22.6 Å². The number of hydrogen-bond acceptors (Lipinski definition) is 6. The van der Waals surface area contributed by atoms with Crippen molar-refractivity contribution < 1.29 is 32.3 Å². The Morgan fingerprint density at radius 2 is 1.78 bits per heavy atom. The van der Waals surface area contributed by atoms with E-state index in [1.54, 1.807) is 24.3 Å². The van der Waals surface area contributed by atoms with E-state index in [9.17, 15) is 23.1 Å². The van der Waals surface area contributed by atoms with Crippen LogP contribution in [0.3, 0.4) is 0 Å². The van der Waals surface area contributed by atoms with Crippen molar-refractivity contribution in [3.63, 3.8) is 0 Å². The Hall–Kier alpha value is -3.53. The third kappa shape index (κ3) is 5.07. The topological polar surface area (TPSA) is 87.8 Å². The molecule has 2 aliphatic carbocycles. The SMILES string of the molecule is O=C(O)c1cccc(N2C3CCC2CC2(CC(NCc4c(-c5ccccc5OC(F)(F)F)noc4C4CC4)C2)C3)c1. The molecule has 2 atom stereocenters. The van der Waals surface area contributed by atoms with Gasteiger partial charge in [0.1, 0.15) is 17.2 Å². The number of para-hydroxylation sites is 1. The Labute approximate surface area is 235 Å². The quantitative estimate of drug-likeness (QED) is 0.307. The van der Waals surface area contributed by atoms with E-state index in [0.717, 1.165) is 68.4 Å². The van der Waals surface area contributed by atoms with Crippen molar-refractivity contribution in [2.24, 2.45) is 5.41 Å². The Kier molecular flexibility index (Phi) is 6.30. The van der Waals surface area contributed by atoms with Gasteiger partial charge in [-0.25, -0.2) is 4.79 Å². The van der Waals surface area contributed by atoms with Crippen LogP contribution in [0.25, 0.3) is 11.3 Å². The van der Waals surface area contributed by atoms with E-state index in [1.165, 1.54) is 12.1 Å². The van der Waals surface area contributed by atoms with Crippen molar-refractivity contribution in [1.82, 2.24) is 10.5 Å². The van der Waals surface area contributed by atoms with Crippen LogP contribution in [-0.2, 0) is 6.54 Å². The smallest absolute Gasteiger partial charge is 0.478 e. The standard InChI is InChI=1S/C31H32F3N3O4/c32-31(33,34)40-26-7-2-1-6-24(26)27-25(28(41-36-27)18-8-9-18)17-35-20-13-30(14-20)15-22-10-11-23(16-30)37(22)21-5-3-4-19(12-21)29(38)39/h1-7,12,18,20,22-23,35H,8-11,13-17H2,(H,38,39). The number of carbonyl (C=O) groups is 1. The molecule has 2 N–H and O–H groups in total. The highest BCUT2D eigenvalue weighted by molar-refractivity contribution is 5.89. The van der Waals surface area contributed by atoms with Crippen LogP contribution in [0.4, 0.5) is 18.9 Å². The first-order chi connectivity index (χ1) is 19.7. The maximum atomic E-state index is 13.1. The number of alkyl halides is 3. The number of fused-ring (bicyclic) bond motifs is 2. The van der Waals surface area contributed by atoms with E-state index < -0.39 is 12.3 Å². The fourth-order valence-electron chi connectivity index (χ4n) is 7.62. The minimum absolute atomic E-state index is 0.260. The van der Waals surface area contributed by atoms with Crippen LogP contribution in [0.15, 0.2) is 53.1 Å². The van der Waals surface area contributed by atoms with Crippen LogP contribution >= 0.6 is 0 Å². The number of hydrogen-bond donors (Lipinski definition) is 2. The predicted octanol–water partition coefficient (Wildman–Crippen LogP) is 6.89. The number of carboxylic acid groups (broad SMARTS) is 1. The number of nitrogens with one attached hydrogen (secondary N) is 1. The molecule has 2 aromatic carbocycles. The number of anilines is 1. The summed E-state index contributed by atoms with van der Waals surface area (Å²) in [6.07, 6.45) is 3.71. The minimum Gasteiger partial charge on any atom is -0.478 e. The number of piperidine rings is 1. The molecule has 2 bridgehead atoms. The summed E-state index contributed by atoms with van der Waals surface area (Å²) >= 11 is 0. The van der Waals surface area contributed by atoms with Crippen LogP contribution in [0, 0.1) is 5.41 Å². The minimum atomic E-state index is -4.80. The molecule has 4 fully saturated rings. The number of rotatable bonds is 8. The maximum absolute atomic E-state index is 13.1. The fraction of sp³-hybridized carbons (Fsp3) is 0.484. The molecule has 7 rings (SSSR count). The predicted molar refractivity (Wildman–Crippen MR) is 145 cm³/mol. The number of nitrogens with zero attached hydrogens (tertiary/aromatic N) is 2. The monoisotopic (exact) mass is 567 g/mol. The number of ether oxygens (including phenoxy) is 1. The highest BCUT2D eigenvalue weighted by atomic mass is 19.4. The number of aromatic nitrogens is 1. The van der Waals surface area contributed by atoms with Crippen molar-refractivity contribution in [3.05, 3.63) is 65.4 Å². The summed E-state index contributed by atoms with van der Waals surface area (Å²) in [6.45, 7) is 0.479. The number of halogens is 3. The summed E-state index contributed by atoms with van der Waals surface area (Å²) in [5.74, 6) is -0.164. The third-order valence-electron chi connectivity index (χ3n) is 9.41. The van der Waals surface area contributed by atoms with Gasteiger partial charge in [0.2, 0.25) is 0 Å². The highest BCUT2D eigenvalue weighted by Gasteiger charge is 2.54. The van der Waals surface area contributed by atoms with Crippen LogP contribution in [-0.4, -0.2) is 40.7 Å². The molecule has 2 unspecified atom stereocenters. The molecule has 2 aliphatic heterocycles. The van der Waals surface area contributed by atoms with Gasteiger partial charge in [-0.05, 0) is 87.1 Å². The zero-order valence-corrected chi connectivity index (χ0v) is 22.5. The molecule has 1 spiro atoms. The molecule has 216 valence electrons. The zero-order valence-electron chi connectivity index (χ0n) is 22.5. The van der Waals surface area contributed by atoms with E-state index in [4.69, 9.17) is 4.52 Å². The lowest BCUT2D eigenvalue weighted by atomic mass is 9.58. The first-order valence-electron chi connectivity index (χ1n) is 14.4. The lowest BCUT2D eigenvalue weighted by Crippen LogP contribution is -2.57. The van der Waals surface area contributed by atoms with Gasteiger partial charge in [-0.2, -0.15) is 0 Å². The van der Waals surface area contributed by atoms with Gasteiger partial charge in [0.25, 0.3) is 0 Å². The summed E-state index contributed by atoms with van der Waals surface area (Å²) in [4.78, 5) is 14.0. The van der Waals surface area contributed by atoms with Gasteiger partial charge >= 0.3 is 12.3 Å². The second kappa shape index (κ2) is 9.79. The van der Waals surface area contributed by atoms with Gasteiger partial charge in [-0.15, -0.1) is 13.2 Å². The van der Waals surface area contributed by atoms with Crippen molar-refractivity contribution in [3.8, 4) is 17.0 Å². The summed E-state index contributed by atoms with van der Waals surface area (Å²) in [5, 5.41) is 17.3. The summed E-state index contributed by atoms with van der Waals surface area (Å²) in [7, 11) is 0. The largest absolute Gasteiger partial charge is 0.573 e. The molecule has 0 radical (unpaired) electrons. The normalized spacial score (nSPS) is 27.2. The molecular formula is C31H32F3N3O4. The Balaban J connectivity index is 1.04. The van der Waals surface area contributed by atoms with Crippen molar-refractivity contribution in [2.75, 3.05) is 4.90 Å². The number of carboxylic acids is 1. The molecule has 3 aromatic rings. The number of aromatic carboxylic acids is 1. The van der Waals surface area contributed by atoms with E-state index in [0.29, 0.717) is 35.9 Å². The second-order valence-electron chi connectivity index (χ2n) is 12.2. The van der Waals surface area contributed by atoms with E-state index in [2.05, 4.69) is 20.1 Å². The van der Waals surface area contributed by atoms with Gasteiger partial charge in [-0.3, -0.25) is 0 Å². The molecular weight excluding hydrogens is 535 g/mol. The molecule has 3 heterocycles. The molecule has 1 aromatic heterocycles. The molecule has 10 heteroatoms. The van der Waals surface area contributed by atoms with Crippen LogP contribution in [0.5, 0.6) is 5.75 Å². The van der Waals surface area contributed by atoms with Gasteiger partial charge in [0, 0.05) is 47.4 Å². The first-order valence-corrected chi connectivity index (χ1v) is 14.4. The first kappa shape index (κ1) is 26.4. The lowest BCUT2D eigenvalue weighted by Gasteiger charge is -2.56. The third-order valence-corrected chi connectivity index (χ3v) is 9.41. The van der Waals surface area contributed by atoms with Crippen LogP contribution in [0.2, 0.25) is 0 Å². The molecule has 4 aliphatic rings. The van der Waals surface area contributed by atoms with Crippen LogP contribution < -0.4 is 15.0 Å². The fourth-order valence-corrected chi connectivity index (χ4v) is 7.62. The van der Waals surface area contributed by atoms with Crippen molar-refractivity contribution >= 4 is 11.7 Å². The maximum Gasteiger partial charge on any atom is 0.573 e. The van der Waals surface area contributed by atoms with Crippen LogP contribution in [0.1, 0.15) is 79.0 Å².